The first-order chi connectivity index (χ1) is 10.8. The van der Waals surface area contributed by atoms with Gasteiger partial charge in [0.05, 0.1) is 0 Å². The number of benzene rings is 1. The SMILES string of the molecule is CC(C)(C)c1ccccc1NC(=O)C(=O)N1CCN(C=O)CC1. The molecule has 0 spiro atoms. The molecule has 1 fully saturated rings. The summed E-state index contributed by atoms with van der Waals surface area (Å²) in [6, 6.07) is 7.49. The Labute approximate surface area is 136 Å². The van der Waals surface area contributed by atoms with Gasteiger partial charge in [-0.1, -0.05) is 39.0 Å². The number of amides is 3. The molecule has 124 valence electrons. The molecule has 6 heteroatoms. The highest BCUT2D eigenvalue weighted by Gasteiger charge is 2.27. The lowest BCUT2D eigenvalue weighted by Crippen LogP contribution is -2.51. The van der Waals surface area contributed by atoms with Crippen LogP contribution in [-0.4, -0.2) is 54.2 Å². The number of anilines is 1. The second-order valence-electron chi connectivity index (χ2n) is 6.68. The number of carbonyl (C=O) groups is 3. The van der Waals surface area contributed by atoms with Crippen LogP contribution in [-0.2, 0) is 19.8 Å². The number of rotatable bonds is 2. The summed E-state index contributed by atoms with van der Waals surface area (Å²) in [5, 5.41) is 2.73. The topological polar surface area (TPSA) is 69.7 Å². The number of nitrogens with one attached hydrogen (secondary N) is 1. The van der Waals surface area contributed by atoms with E-state index in [0.717, 1.165) is 12.0 Å². The van der Waals surface area contributed by atoms with Crippen LogP contribution in [0.3, 0.4) is 0 Å². The van der Waals surface area contributed by atoms with Crippen molar-refractivity contribution < 1.29 is 14.4 Å². The number of para-hydroxylation sites is 1. The monoisotopic (exact) mass is 317 g/mol. The summed E-state index contributed by atoms with van der Waals surface area (Å²) in [7, 11) is 0. The van der Waals surface area contributed by atoms with Crippen LogP contribution in [0, 0.1) is 0 Å². The van der Waals surface area contributed by atoms with Crippen LogP contribution < -0.4 is 5.32 Å². The Morgan fingerprint density at radius 1 is 1.09 bits per heavy atom. The fourth-order valence-corrected chi connectivity index (χ4v) is 2.60. The van der Waals surface area contributed by atoms with E-state index in [4.69, 9.17) is 0 Å². The van der Waals surface area contributed by atoms with Crippen molar-refractivity contribution in [1.82, 2.24) is 9.80 Å². The molecule has 0 aliphatic carbocycles. The molecule has 3 amide bonds. The molecule has 0 unspecified atom stereocenters. The van der Waals surface area contributed by atoms with Gasteiger partial charge in [0.1, 0.15) is 0 Å². The first kappa shape index (κ1) is 17.0. The minimum absolute atomic E-state index is 0.136. The van der Waals surface area contributed by atoms with Crippen molar-refractivity contribution in [1.29, 1.82) is 0 Å². The van der Waals surface area contributed by atoms with Gasteiger partial charge in [0.15, 0.2) is 0 Å². The summed E-state index contributed by atoms with van der Waals surface area (Å²) >= 11 is 0. The van der Waals surface area contributed by atoms with E-state index in [9.17, 15) is 14.4 Å². The minimum atomic E-state index is -0.638. The molecule has 0 saturated carbocycles. The van der Waals surface area contributed by atoms with E-state index in [1.807, 2.05) is 18.2 Å². The summed E-state index contributed by atoms with van der Waals surface area (Å²) in [6.45, 7) is 7.84. The van der Waals surface area contributed by atoms with E-state index in [1.54, 1.807) is 11.0 Å². The summed E-state index contributed by atoms with van der Waals surface area (Å²) in [6.07, 6.45) is 0.765. The zero-order valence-corrected chi connectivity index (χ0v) is 13.8. The lowest BCUT2D eigenvalue weighted by Gasteiger charge is -2.32. The van der Waals surface area contributed by atoms with E-state index < -0.39 is 11.8 Å². The molecule has 23 heavy (non-hydrogen) atoms. The summed E-state index contributed by atoms with van der Waals surface area (Å²) in [5.41, 5.74) is 1.50. The molecule has 0 atom stereocenters. The van der Waals surface area contributed by atoms with Gasteiger partial charge in [-0.2, -0.15) is 0 Å². The van der Waals surface area contributed by atoms with Gasteiger partial charge in [-0.3, -0.25) is 14.4 Å². The van der Waals surface area contributed by atoms with E-state index in [0.29, 0.717) is 31.9 Å². The molecule has 1 aromatic rings. The summed E-state index contributed by atoms with van der Waals surface area (Å²) in [4.78, 5) is 38.3. The molecule has 1 aliphatic rings. The Hall–Kier alpha value is -2.37. The van der Waals surface area contributed by atoms with E-state index in [-0.39, 0.29) is 5.41 Å². The standard InChI is InChI=1S/C17H23N3O3/c1-17(2,3)13-6-4-5-7-14(13)18-15(22)16(23)20-10-8-19(12-21)9-11-20/h4-7,12H,8-11H2,1-3H3,(H,18,22). The molecule has 1 aromatic carbocycles. The summed E-state index contributed by atoms with van der Waals surface area (Å²) in [5.74, 6) is -1.19. The van der Waals surface area contributed by atoms with Crippen molar-refractivity contribution in [2.24, 2.45) is 0 Å². The Bertz CT molecular complexity index is 599. The molecular weight excluding hydrogens is 294 g/mol. The number of hydrogen-bond acceptors (Lipinski definition) is 3. The van der Waals surface area contributed by atoms with Crippen molar-refractivity contribution in [3.63, 3.8) is 0 Å². The van der Waals surface area contributed by atoms with Crippen molar-refractivity contribution >= 4 is 23.9 Å². The lowest BCUT2D eigenvalue weighted by atomic mass is 9.86. The maximum Gasteiger partial charge on any atom is 0.313 e. The molecule has 1 aliphatic heterocycles. The van der Waals surface area contributed by atoms with Crippen LogP contribution in [0.4, 0.5) is 5.69 Å². The Kier molecular flexibility index (Phi) is 5.03. The molecule has 0 aromatic heterocycles. The highest BCUT2D eigenvalue weighted by molar-refractivity contribution is 6.39. The number of hydrogen-bond donors (Lipinski definition) is 1. The maximum absolute atomic E-state index is 12.3. The quantitative estimate of drug-likeness (QED) is 0.659. The smallest absolute Gasteiger partial charge is 0.313 e. The molecule has 1 N–H and O–H groups in total. The lowest BCUT2D eigenvalue weighted by molar-refractivity contribution is -0.144. The zero-order valence-electron chi connectivity index (χ0n) is 13.8. The largest absolute Gasteiger partial charge is 0.342 e. The third-order valence-electron chi connectivity index (χ3n) is 3.93. The third kappa shape index (κ3) is 4.09. The molecule has 2 rings (SSSR count). The molecule has 6 nitrogen and oxygen atoms in total. The Morgan fingerprint density at radius 2 is 1.70 bits per heavy atom. The molecular formula is C17H23N3O3. The summed E-state index contributed by atoms with van der Waals surface area (Å²) < 4.78 is 0. The average molecular weight is 317 g/mol. The van der Waals surface area contributed by atoms with E-state index >= 15 is 0 Å². The van der Waals surface area contributed by atoms with Gasteiger partial charge >= 0.3 is 11.8 Å². The van der Waals surface area contributed by atoms with Gasteiger partial charge in [-0.05, 0) is 17.0 Å². The first-order valence-electron chi connectivity index (χ1n) is 7.72. The van der Waals surface area contributed by atoms with Crippen molar-refractivity contribution in [2.75, 3.05) is 31.5 Å². The average Bonchev–Trinajstić information content (AvgIpc) is 2.53. The predicted octanol–water partition coefficient (Wildman–Crippen LogP) is 1.22. The second kappa shape index (κ2) is 6.81. The van der Waals surface area contributed by atoms with Crippen molar-refractivity contribution in [3.8, 4) is 0 Å². The van der Waals surface area contributed by atoms with Crippen molar-refractivity contribution in [2.45, 2.75) is 26.2 Å². The van der Waals surface area contributed by atoms with Crippen LogP contribution in [0.25, 0.3) is 0 Å². The second-order valence-corrected chi connectivity index (χ2v) is 6.68. The van der Waals surface area contributed by atoms with E-state index in [1.165, 1.54) is 4.90 Å². The minimum Gasteiger partial charge on any atom is -0.342 e. The molecule has 1 heterocycles. The highest BCUT2D eigenvalue weighted by atomic mass is 16.2. The van der Waals surface area contributed by atoms with Gasteiger partial charge in [-0.15, -0.1) is 0 Å². The van der Waals surface area contributed by atoms with Crippen LogP contribution in [0.15, 0.2) is 24.3 Å². The Balaban J connectivity index is 2.05. The number of carbonyl (C=O) groups excluding carboxylic acids is 3. The molecule has 1 saturated heterocycles. The van der Waals surface area contributed by atoms with Crippen molar-refractivity contribution in [3.05, 3.63) is 29.8 Å². The van der Waals surface area contributed by atoms with E-state index in [2.05, 4.69) is 26.1 Å². The zero-order chi connectivity index (χ0) is 17.0. The fourth-order valence-electron chi connectivity index (χ4n) is 2.60. The number of nitrogens with zero attached hydrogens (tertiary/aromatic N) is 2. The van der Waals surface area contributed by atoms with Gasteiger partial charge in [0.25, 0.3) is 0 Å². The van der Waals surface area contributed by atoms with Crippen LogP contribution in [0.1, 0.15) is 26.3 Å². The highest BCUT2D eigenvalue weighted by Crippen LogP contribution is 2.29. The van der Waals surface area contributed by atoms with Gasteiger partial charge in [0, 0.05) is 31.9 Å². The molecule has 0 radical (unpaired) electrons. The third-order valence-corrected chi connectivity index (χ3v) is 3.93. The van der Waals surface area contributed by atoms with Gasteiger partial charge in [-0.25, -0.2) is 0 Å². The van der Waals surface area contributed by atoms with Gasteiger partial charge in [0.2, 0.25) is 6.41 Å². The van der Waals surface area contributed by atoms with Crippen LogP contribution >= 0.6 is 0 Å². The maximum atomic E-state index is 12.3. The first-order valence-corrected chi connectivity index (χ1v) is 7.72. The van der Waals surface area contributed by atoms with Crippen LogP contribution in [0.5, 0.6) is 0 Å². The normalized spacial score (nSPS) is 15.3. The predicted molar refractivity (Wildman–Crippen MR) is 88.0 cm³/mol. The van der Waals surface area contributed by atoms with Gasteiger partial charge < -0.3 is 15.1 Å². The fraction of sp³-hybridized carbons (Fsp3) is 0.471. The van der Waals surface area contributed by atoms with Crippen LogP contribution in [0.2, 0.25) is 0 Å². The Morgan fingerprint density at radius 3 is 2.26 bits per heavy atom. The molecule has 0 bridgehead atoms. The number of piperazine rings is 1.